The molecule has 0 radical (unpaired) electrons. The standard InChI is InChI=1S/C15H30N2/c1-13(2)5-3-9-17-10-4-6-14(12-17)11-16-15-7-8-15/h13-16H,3-12H2,1-2H3. The van der Waals surface area contributed by atoms with Gasteiger partial charge in [0.15, 0.2) is 0 Å². The van der Waals surface area contributed by atoms with Crippen LogP contribution in [0.2, 0.25) is 0 Å². The van der Waals surface area contributed by atoms with Crippen LogP contribution in [0.1, 0.15) is 52.4 Å². The van der Waals surface area contributed by atoms with Crippen molar-refractivity contribution in [2.45, 2.75) is 58.4 Å². The predicted molar refractivity (Wildman–Crippen MR) is 74.3 cm³/mol. The molecule has 2 rings (SSSR count). The van der Waals surface area contributed by atoms with E-state index < -0.39 is 0 Å². The second-order valence-electron chi connectivity index (χ2n) is 6.53. The Hall–Kier alpha value is -0.0800. The van der Waals surface area contributed by atoms with Crippen LogP contribution in [-0.4, -0.2) is 37.1 Å². The largest absolute Gasteiger partial charge is 0.314 e. The molecule has 2 aliphatic rings. The number of likely N-dealkylation sites (tertiary alicyclic amines) is 1. The summed E-state index contributed by atoms with van der Waals surface area (Å²) in [5.41, 5.74) is 0. The first-order chi connectivity index (χ1) is 8.24. The van der Waals surface area contributed by atoms with Crippen molar-refractivity contribution in [3.63, 3.8) is 0 Å². The molecular formula is C15H30N2. The molecule has 100 valence electrons. The Morgan fingerprint density at radius 1 is 1.24 bits per heavy atom. The van der Waals surface area contributed by atoms with E-state index in [4.69, 9.17) is 0 Å². The van der Waals surface area contributed by atoms with Crippen LogP contribution < -0.4 is 5.32 Å². The van der Waals surface area contributed by atoms with E-state index in [0.29, 0.717) is 0 Å². The summed E-state index contributed by atoms with van der Waals surface area (Å²) in [5, 5.41) is 3.69. The summed E-state index contributed by atoms with van der Waals surface area (Å²) in [6, 6.07) is 0.881. The molecule has 0 aromatic carbocycles. The summed E-state index contributed by atoms with van der Waals surface area (Å²) in [6.07, 6.45) is 8.48. The van der Waals surface area contributed by atoms with Gasteiger partial charge in [-0.1, -0.05) is 13.8 Å². The summed E-state index contributed by atoms with van der Waals surface area (Å²) in [5.74, 6) is 1.79. The number of piperidine rings is 1. The van der Waals surface area contributed by atoms with E-state index in [1.165, 1.54) is 64.7 Å². The molecule has 0 aromatic rings. The van der Waals surface area contributed by atoms with Gasteiger partial charge in [0, 0.05) is 12.6 Å². The van der Waals surface area contributed by atoms with Crippen LogP contribution >= 0.6 is 0 Å². The van der Waals surface area contributed by atoms with E-state index in [1.807, 2.05) is 0 Å². The molecule has 1 aliphatic heterocycles. The fourth-order valence-electron chi connectivity index (χ4n) is 2.86. The van der Waals surface area contributed by atoms with Gasteiger partial charge in [0.25, 0.3) is 0 Å². The number of hydrogen-bond acceptors (Lipinski definition) is 2. The van der Waals surface area contributed by atoms with Gasteiger partial charge >= 0.3 is 0 Å². The first kappa shape index (κ1) is 13.4. The molecule has 0 bridgehead atoms. The SMILES string of the molecule is CC(C)CCCN1CCCC(CNC2CC2)C1. The minimum absolute atomic E-state index is 0.868. The van der Waals surface area contributed by atoms with Gasteiger partial charge < -0.3 is 10.2 Å². The van der Waals surface area contributed by atoms with Crippen LogP contribution in [0.25, 0.3) is 0 Å². The highest BCUT2D eigenvalue weighted by Crippen LogP contribution is 2.21. The Labute approximate surface area is 107 Å². The van der Waals surface area contributed by atoms with Crippen molar-refractivity contribution in [2.24, 2.45) is 11.8 Å². The average molecular weight is 238 g/mol. The molecule has 1 N–H and O–H groups in total. The van der Waals surface area contributed by atoms with Gasteiger partial charge in [0.1, 0.15) is 0 Å². The first-order valence-corrected chi connectivity index (χ1v) is 7.70. The normalized spacial score (nSPS) is 26.6. The van der Waals surface area contributed by atoms with Crippen molar-refractivity contribution < 1.29 is 0 Å². The third kappa shape index (κ3) is 5.39. The second-order valence-corrected chi connectivity index (χ2v) is 6.53. The Morgan fingerprint density at radius 2 is 2.06 bits per heavy atom. The molecule has 1 saturated heterocycles. The zero-order valence-corrected chi connectivity index (χ0v) is 11.8. The smallest absolute Gasteiger partial charge is 0.00683 e. The highest BCUT2D eigenvalue weighted by Gasteiger charge is 2.24. The molecular weight excluding hydrogens is 208 g/mol. The van der Waals surface area contributed by atoms with Crippen LogP contribution in [0, 0.1) is 11.8 Å². The van der Waals surface area contributed by atoms with Crippen molar-refractivity contribution in [3.8, 4) is 0 Å². The van der Waals surface area contributed by atoms with Gasteiger partial charge in [-0.05, 0) is 70.0 Å². The number of nitrogens with zero attached hydrogens (tertiary/aromatic N) is 1. The zero-order chi connectivity index (χ0) is 12.1. The summed E-state index contributed by atoms with van der Waals surface area (Å²) in [6.45, 7) is 9.95. The molecule has 1 aliphatic carbocycles. The molecule has 0 spiro atoms. The molecule has 1 unspecified atom stereocenters. The molecule has 0 amide bonds. The molecule has 0 aromatic heterocycles. The van der Waals surface area contributed by atoms with Crippen molar-refractivity contribution in [3.05, 3.63) is 0 Å². The maximum absolute atomic E-state index is 3.69. The minimum Gasteiger partial charge on any atom is -0.314 e. The van der Waals surface area contributed by atoms with Crippen molar-refractivity contribution in [2.75, 3.05) is 26.2 Å². The van der Waals surface area contributed by atoms with Gasteiger partial charge in [-0.15, -0.1) is 0 Å². The number of hydrogen-bond donors (Lipinski definition) is 1. The lowest BCUT2D eigenvalue weighted by Gasteiger charge is -2.33. The Bertz CT molecular complexity index is 211. The average Bonchev–Trinajstić information content (AvgIpc) is 3.10. The summed E-state index contributed by atoms with van der Waals surface area (Å²) in [7, 11) is 0. The lowest BCUT2D eigenvalue weighted by Crippen LogP contribution is -2.40. The van der Waals surface area contributed by atoms with Crippen LogP contribution in [0.15, 0.2) is 0 Å². The van der Waals surface area contributed by atoms with Gasteiger partial charge in [-0.3, -0.25) is 0 Å². The fourth-order valence-corrected chi connectivity index (χ4v) is 2.86. The number of nitrogens with one attached hydrogen (secondary N) is 1. The Morgan fingerprint density at radius 3 is 2.76 bits per heavy atom. The van der Waals surface area contributed by atoms with Gasteiger partial charge in [-0.25, -0.2) is 0 Å². The molecule has 17 heavy (non-hydrogen) atoms. The molecule has 1 saturated carbocycles. The lowest BCUT2D eigenvalue weighted by atomic mass is 9.97. The molecule has 2 fully saturated rings. The highest BCUT2D eigenvalue weighted by atomic mass is 15.1. The van der Waals surface area contributed by atoms with E-state index in [-0.39, 0.29) is 0 Å². The van der Waals surface area contributed by atoms with E-state index in [2.05, 4.69) is 24.1 Å². The molecule has 2 nitrogen and oxygen atoms in total. The highest BCUT2D eigenvalue weighted by molar-refractivity contribution is 4.83. The minimum atomic E-state index is 0.868. The van der Waals surface area contributed by atoms with E-state index in [0.717, 1.165) is 17.9 Å². The van der Waals surface area contributed by atoms with Crippen LogP contribution in [0.5, 0.6) is 0 Å². The van der Waals surface area contributed by atoms with Crippen LogP contribution in [-0.2, 0) is 0 Å². The van der Waals surface area contributed by atoms with E-state index in [9.17, 15) is 0 Å². The Balaban J connectivity index is 1.58. The number of rotatable bonds is 7. The predicted octanol–water partition coefficient (Wildman–Crippen LogP) is 2.89. The molecule has 2 heteroatoms. The van der Waals surface area contributed by atoms with Crippen molar-refractivity contribution in [1.29, 1.82) is 0 Å². The maximum atomic E-state index is 3.69. The van der Waals surface area contributed by atoms with Crippen LogP contribution in [0.3, 0.4) is 0 Å². The zero-order valence-electron chi connectivity index (χ0n) is 11.8. The molecule has 1 atom stereocenters. The lowest BCUT2D eigenvalue weighted by molar-refractivity contribution is 0.168. The van der Waals surface area contributed by atoms with E-state index in [1.54, 1.807) is 0 Å². The van der Waals surface area contributed by atoms with Crippen LogP contribution in [0.4, 0.5) is 0 Å². The quantitative estimate of drug-likeness (QED) is 0.733. The first-order valence-electron chi connectivity index (χ1n) is 7.70. The third-order valence-electron chi connectivity index (χ3n) is 4.13. The summed E-state index contributed by atoms with van der Waals surface area (Å²) < 4.78 is 0. The second kappa shape index (κ2) is 6.75. The summed E-state index contributed by atoms with van der Waals surface area (Å²) >= 11 is 0. The Kier molecular flexibility index (Phi) is 5.30. The monoisotopic (exact) mass is 238 g/mol. The van der Waals surface area contributed by atoms with Crippen molar-refractivity contribution in [1.82, 2.24) is 10.2 Å². The molecule has 1 heterocycles. The van der Waals surface area contributed by atoms with Gasteiger partial charge in [-0.2, -0.15) is 0 Å². The maximum Gasteiger partial charge on any atom is 0.00683 e. The fraction of sp³-hybridized carbons (Fsp3) is 1.00. The van der Waals surface area contributed by atoms with Gasteiger partial charge in [0.05, 0.1) is 0 Å². The topological polar surface area (TPSA) is 15.3 Å². The summed E-state index contributed by atoms with van der Waals surface area (Å²) in [4.78, 5) is 2.70. The van der Waals surface area contributed by atoms with E-state index >= 15 is 0 Å². The third-order valence-corrected chi connectivity index (χ3v) is 4.13. The van der Waals surface area contributed by atoms with Gasteiger partial charge in [0.2, 0.25) is 0 Å². The van der Waals surface area contributed by atoms with Crippen molar-refractivity contribution >= 4 is 0 Å².